The van der Waals surface area contributed by atoms with Gasteiger partial charge in [0.15, 0.2) is 0 Å². The predicted molar refractivity (Wildman–Crippen MR) is 156 cm³/mol. The summed E-state index contributed by atoms with van der Waals surface area (Å²) in [6.45, 7) is 0. The molecule has 0 aliphatic rings. The Bertz CT molecular complexity index is 1120. The second-order valence-corrected chi connectivity index (χ2v) is 14.0. The van der Waals surface area contributed by atoms with E-state index in [-0.39, 0.29) is 0 Å². The van der Waals surface area contributed by atoms with E-state index in [4.69, 9.17) is 9.47 Å². The predicted octanol–water partition coefficient (Wildman–Crippen LogP) is 6.79. The van der Waals surface area contributed by atoms with Crippen molar-refractivity contribution >= 4 is 68.9 Å². The van der Waals surface area contributed by atoms with Crippen LogP contribution in [-0.4, -0.2) is 26.5 Å². The molecule has 0 spiro atoms. The third kappa shape index (κ3) is 6.10. The summed E-state index contributed by atoms with van der Waals surface area (Å²) in [5, 5.41) is 5.28. The Morgan fingerprint density at radius 3 is 1.24 bits per heavy atom. The van der Waals surface area contributed by atoms with Crippen LogP contribution in [0.3, 0.4) is 0 Å². The normalized spacial score (nSPS) is 12.7. The van der Waals surface area contributed by atoms with Crippen molar-refractivity contribution in [2.45, 2.75) is 0 Å². The van der Waals surface area contributed by atoms with Crippen LogP contribution in [0.15, 0.2) is 106 Å². The minimum absolute atomic E-state index is 0.603. The minimum atomic E-state index is -0.603. The molecule has 0 saturated heterocycles. The monoisotopic (exact) mass is 614 g/mol. The maximum atomic E-state index is 5.78. The average Bonchev–Trinajstić information content (AvgIpc) is 2.88. The van der Waals surface area contributed by atoms with Gasteiger partial charge in [-0.3, -0.25) is 0 Å². The van der Waals surface area contributed by atoms with Crippen molar-refractivity contribution in [3.05, 3.63) is 106 Å². The molecule has 0 aliphatic heterocycles. The number of hydrogen-bond donors (Lipinski definition) is 0. The molecule has 2 atom stereocenters. The molecule has 4 aromatic rings. The van der Waals surface area contributed by atoms with E-state index in [2.05, 4.69) is 117 Å². The topological polar surface area (TPSA) is 18.5 Å². The zero-order valence-corrected chi connectivity index (χ0v) is 24.1. The molecule has 2 nitrogen and oxygen atoms in total. The first-order chi connectivity index (χ1) is 16.6. The van der Waals surface area contributed by atoms with Gasteiger partial charge in [-0.05, 0) is 75.2 Å². The SMILES string of the molecule is COc1ccccc1P(CCP(c1ccc(Br)cc1)c1ccccc1OC)c1ccc(Br)cc1. The Hall–Kier alpha value is -1.70. The zero-order valence-electron chi connectivity index (χ0n) is 19.1. The van der Waals surface area contributed by atoms with Gasteiger partial charge in [-0.1, -0.05) is 92.5 Å². The highest BCUT2D eigenvalue weighted by Crippen LogP contribution is 2.44. The average molecular weight is 616 g/mol. The maximum Gasteiger partial charge on any atom is 0.126 e. The van der Waals surface area contributed by atoms with Crippen LogP contribution in [0.1, 0.15) is 0 Å². The van der Waals surface area contributed by atoms with E-state index in [1.54, 1.807) is 14.2 Å². The van der Waals surface area contributed by atoms with E-state index >= 15 is 0 Å². The second kappa shape index (κ2) is 12.3. The van der Waals surface area contributed by atoms with Crippen LogP contribution in [0.2, 0.25) is 0 Å². The number of para-hydroxylation sites is 2. The summed E-state index contributed by atoms with van der Waals surface area (Å²) in [4.78, 5) is 0. The smallest absolute Gasteiger partial charge is 0.126 e. The Kier molecular flexibility index (Phi) is 9.20. The zero-order chi connectivity index (χ0) is 23.9. The molecule has 34 heavy (non-hydrogen) atoms. The van der Waals surface area contributed by atoms with Crippen LogP contribution in [0.25, 0.3) is 0 Å². The molecule has 0 fully saturated rings. The fraction of sp³-hybridized carbons (Fsp3) is 0.143. The lowest BCUT2D eigenvalue weighted by Gasteiger charge is -2.26. The van der Waals surface area contributed by atoms with E-state index < -0.39 is 15.8 Å². The van der Waals surface area contributed by atoms with Gasteiger partial charge in [0.2, 0.25) is 0 Å². The van der Waals surface area contributed by atoms with Gasteiger partial charge in [-0.25, -0.2) is 0 Å². The van der Waals surface area contributed by atoms with Crippen LogP contribution in [0, 0.1) is 0 Å². The molecule has 6 heteroatoms. The summed E-state index contributed by atoms with van der Waals surface area (Å²) >= 11 is 7.18. The van der Waals surface area contributed by atoms with Gasteiger partial charge in [-0.2, -0.15) is 0 Å². The molecular formula is C28H26Br2O2P2. The van der Waals surface area contributed by atoms with Crippen LogP contribution < -0.4 is 30.7 Å². The highest BCUT2D eigenvalue weighted by Gasteiger charge is 2.23. The first-order valence-electron chi connectivity index (χ1n) is 10.9. The Morgan fingerprint density at radius 2 is 0.882 bits per heavy atom. The molecule has 0 aliphatic carbocycles. The molecule has 0 N–H and O–H groups in total. The molecule has 0 saturated carbocycles. The molecule has 0 bridgehead atoms. The van der Waals surface area contributed by atoms with E-state index in [0.717, 1.165) is 32.8 Å². The first kappa shape index (κ1) is 25.4. The molecule has 0 aromatic heterocycles. The Morgan fingerprint density at radius 1 is 0.529 bits per heavy atom. The largest absolute Gasteiger partial charge is 0.496 e. The summed E-state index contributed by atoms with van der Waals surface area (Å²) in [5.41, 5.74) is 0. The first-order valence-corrected chi connectivity index (χ1v) is 15.6. The molecular weight excluding hydrogens is 590 g/mol. The van der Waals surface area contributed by atoms with E-state index in [0.29, 0.717) is 0 Å². The van der Waals surface area contributed by atoms with Gasteiger partial charge < -0.3 is 9.47 Å². The van der Waals surface area contributed by atoms with Gasteiger partial charge in [0.05, 0.1) is 14.2 Å². The fourth-order valence-corrected chi connectivity index (χ4v) is 10.0. The van der Waals surface area contributed by atoms with Gasteiger partial charge in [-0.15, -0.1) is 0 Å². The molecule has 4 aromatic carbocycles. The number of halogens is 2. The molecule has 0 amide bonds. The Balaban J connectivity index is 1.74. The summed E-state index contributed by atoms with van der Waals surface area (Å²) in [6.07, 6.45) is 2.11. The fourth-order valence-electron chi connectivity index (χ4n) is 3.92. The summed E-state index contributed by atoms with van der Waals surface area (Å²) in [6, 6.07) is 34.4. The highest BCUT2D eigenvalue weighted by molar-refractivity contribution is 9.10. The van der Waals surface area contributed by atoms with Crippen LogP contribution in [0.4, 0.5) is 0 Å². The van der Waals surface area contributed by atoms with Gasteiger partial charge in [0.25, 0.3) is 0 Å². The van der Waals surface area contributed by atoms with Crippen molar-refractivity contribution in [3.63, 3.8) is 0 Å². The summed E-state index contributed by atoms with van der Waals surface area (Å²) in [5.74, 6) is 1.92. The van der Waals surface area contributed by atoms with Crippen LogP contribution in [0.5, 0.6) is 11.5 Å². The van der Waals surface area contributed by atoms with Crippen LogP contribution >= 0.6 is 47.7 Å². The molecule has 0 radical (unpaired) electrons. The lowest BCUT2D eigenvalue weighted by molar-refractivity contribution is 0.418. The number of ether oxygens (including phenoxy) is 2. The van der Waals surface area contributed by atoms with Crippen molar-refractivity contribution in [1.29, 1.82) is 0 Å². The van der Waals surface area contributed by atoms with Crippen molar-refractivity contribution in [3.8, 4) is 11.5 Å². The number of hydrogen-bond acceptors (Lipinski definition) is 2. The highest BCUT2D eigenvalue weighted by atomic mass is 79.9. The second-order valence-electron chi connectivity index (χ2n) is 7.60. The maximum absolute atomic E-state index is 5.78. The summed E-state index contributed by atoms with van der Waals surface area (Å²) in [7, 11) is 2.32. The third-order valence-corrected chi connectivity index (χ3v) is 12.1. The van der Waals surface area contributed by atoms with Gasteiger partial charge >= 0.3 is 0 Å². The lowest BCUT2D eigenvalue weighted by Crippen LogP contribution is -2.21. The van der Waals surface area contributed by atoms with Crippen molar-refractivity contribution in [2.75, 3.05) is 26.5 Å². The minimum Gasteiger partial charge on any atom is -0.496 e. The van der Waals surface area contributed by atoms with Crippen molar-refractivity contribution in [2.24, 2.45) is 0 Å². The number of benzene rings is 4. The van der Waals surface area contributed by atoms with Gasteiger partial charge in [0, 0.05) is 19.6 Å². The molecule has 174 valence electrons. The number of rotatable bonds is 9. The van der Waals surface area contributed by atoms with Crippen molar-refractivity contribution < 1.29 is 9.47 Å². The third-order valence-electron chi connectivity index (χ3n) is 5.58. The van der Waals surface area contributed by atoms with E-state index in [1.807, 2.05) is 12.1 Å². The van der Waals surface area contributed by atoms with Crippen LogP contribution in [-0.2, 0) is 0 Å². The summed E-state index contributed by atoms with van der Waals surface area (Å²) < 4.78 is 13.8. The van der Waals surface area contributed by atoms with Crippen molar-refractivity contribution in [1.82, 2.24) is 0 Å². The Labute approximate surface area is 221 Å². The standard InChI is InChI=1S/C28H26Br2O2P2/c1-31-25-7-3-5-9-27(25)33(23-15-11-21(29)12-16-23)19-20-34(24-17-13-22(30)14-18-24)28-10-6-4-8-26(28)32-2/h3-18H,19-20H2,1-2H3. The van der Waals surface area contributed by atoms with E-state index in [9.17, 15) is 0 Å². The molecule has 2 unspecified atom stereocenters. The number of methoxy groups -OCH3 is 2. The quantitative estimate of drug-likeness (QED) is 0.193. The lowest BCUT2D eigenvalue weighted by atomic mass is 10.3. The van der Waals surface area contributed by atoms with Gasteiger partial charge in [0.1, 0.15) is 11.5 Å². The van der Waals surface area contributed by atoms with E-state index in [1.165, 1.54) is 21.2 Å². The molecule has 0 heterocycles. The molecule has 4 rings (SSSR count).